The van der Waals surface area contributed by atoms with Crippen LogP contribution in [0, 0.1) is 0 Å². The highest BCUT2D eigenvalue weighted by Crippen LogP contribution is 2.26. The lowest BCUT2D eigenvalue weighted by Crippen LogP contribution is -2.61. The van der Waals surface area contributed by atoms with Crippen LogP contribution in [0.1, 0.15) is 310 Å². The number of hydrogen-bond acceptors (Lipinski definition) is 10. The molecule has 87 heavy (non-hydrogen) atoms. The Labute approximate surface area is 533 Å². The fourth-order valence-electron chi connectivity index (χ4n) is 10.8. The van der Waals surface area contributed by atoms with E-state index in [0.717, 1.165) is 116 Å². The first kappa shape index (κ1) is 81.6. The Hall–Kier alpha value is -3.42. The number of amides is 1. The lowest BCUT2D eigenvalue weighted by Gasteiger charge is -2.41. The molecule has 0 aliphatic carbocycles. The first-order chi connectivity index (χ1) is 42.7. The number of esters is 1. The van der Waals surface area contributed by atoms with Crippen molar-refractivity contribution in [1.29, 1.82) is 0 Å². The van der Waals surface area contributed by atoms with Gasteiger partial charge in [0.05, 0.1) is 25.4 Å². The molecule has 6 N–H and O–H groups in total. The highest BCUT2D eigenvalue weighted by molar-refractivity contribution is 5.80. The van der Waals surface area contributed by atoms with Crippen molar-refractivity contribution in [3.63, 3.8) is 0 Å². The number of nitrogens with one attached hydrogen (secondary N) is 1. The van der Waals surface area contributed by atoms with E-state index in [2.05, 4.69) is 111 Å². The Morgan fingerprint density at radius 1 is 0.448 bits per heavy atom. The Kier molecular flexibility index (Phi) is 58.9. The van der Waals surface area contributed by atoms with Gasteiger partial charge in [0.1, 0.15) is 24.4 Å². The second-order valence-electron chi connectivity index (χ2n) is 24.6. The van der Waals surface area contributed by atoms with Crippen molar-refractivity contribution in [2.24, 2.45) is 0 Å². The molecule has 11 heteroatoms. The Bertz CT molecular complexity index is 1790. The van der Waals surface area contributed by atoms with Crippen molar-refractivity contribution in [2.75, 3.05) is 13.2 Å². The monoisotopic (exact) mass is 1220 g/mol. The third-order valence-corrected chi connectivity index (χ3v) is 16.5. The molecule has 1 saturated heterocycles. The van der Waals surface area contributed by atoms with Gasteiger partial charge in [-0.05, 0) is 109 Å². The lowest BCUT2D eigenvalue weighted by atomic mass is 9.99. The molecule has 1 fully saturated rings. The van der Waals surface area contributed by atoms with Gasteiger partial charge in [-0.3, -0.25) is 9.59 Å². The van der Waals surface area contributed by atoms with Crippen molar-refractivity contribution in [2.45, 2.75) is 359 Å². The SMILES string of the molecule is CCCCC/C=C\C/C=C\C/C=C\C/C=C\CCCCCCCCCCCC(=O)OC1C(OCC(NC(=O)C(O)CCCCCCCCC/C=C\C/C=C\C/C=C\CCCCC)C(O)/C=C/CCCCCCCCCCCCC)OC(CO)C(O)C1O. The predicted molar refractivity (Wildman–Crippen MR) is 365 cm³/mol. The molecule has 8 atom stereocenters. The highest BCUT2D eigenvalue weighted by atomic mass is 16.7. The van der Waals surface area contributed by atoms with E-state index in [-0.39, 0.29) is 19.4 Å². The minimum absolute atomic E-state index is 0.112. The van der Waals surface area contributed by atoms with Crippen molar-refractivity contribution in [3.05, 3.63) is 97.2 Å². The number of rotatable bonds is 61. The number of unbranched alkanes of at least 4 members (excludes halogenated alkanes) is 33. The number of allylic oxidation sites excluding steroid dienone is 15. The average molecular weight is 1220 g/mol. The highest BCUT2D eigenvalue weighted by Gasteiger charge is 2.47. The number of ether oxygens (including phenoxy) is 3. The molecule has 0 aromatic heterocycles. The summed E-state index contributed by atoms with van der Waals surface area (Å²) in [5, 5.41) is 57.3. The second-order valence-corrected chi connectivity index (χ2v) is 24.6. The fraction of sp³-hybridized carbons (Fsp3) is 0.763. The fourth-order valence-corrected chi connectivity index (χ4v) is 10.8. The molecule has 0 aromatic carbocycles. The van der Waals surface area contributed by atoms with Crippen LogP contribution in [0.4, 0.5) is 0 Å². The van der Waals surface area contributed by atoms with E-state index in [9.17, 15) is 35.1 Å². The van der Waals surface area contributed by atoms with Crippen LogP contribution in [0.15, 0.2) is 97.2 Å². The van der Waals surface area contributed by atoms with Crippen LogP contribution in [0.5, 0.6) is 0 Å². The minimum atomic E-state index is -1.62. The van der Waals surface area contributed by atoms with Crippen molar-refractivity contribution in [1.82, 2.24) is 5.32 Å². The number of carbonyl (C=O) groups excluding carboxylic acids is 2. The molecule has 0 spiro atoms. The molecular formula is C76H133NO10. The van der Waals surface area contributed by atoms with E-state index in [0.29, 0.717) is 12.8 Å². The zero-order valence-electron chi connectivity index (χ0n) is 55.9. The number of aliphatic hydroxyl groups excluding tert-OH is 5. The van der Waals surface area contributed by atoms with Crippen LogP contribution >= 0.6 is 0 Å². The van der Waals surface area contributed by atoms with E-state index >= 15 is 0 Å². The first-order valence-electron chi connectivity index (χ1n) is 36.0. The van der Waals surface area contributed by atoms with Crippen molar-refractivity contribution in [3.8, 4) is 0 Å². The van der Waals surface area contributed by atoms with Gasteiger partial charge in [0.2, 0.25) is 5.91 Å². The van der Waals surface area contributed by atoms with Gasteiger partial charge in [-0.15, -0.1) is 0 Å². The van der Waals surface area contributed by atoms with Gasteiger partial charge in [-0.2, -0.15) is 0 Å². The summed E-state index contributed by atoms with van der Waals surface area (Å²) >= 11 is 0. The number of aliphatic hydroxyl groups is 5. The molecule has 11 nitrogen and oxygen atoms in total. The maximum Gasteiger partial charge on any atom is 0.306 e. The standard InChI is InChI=1S/C76H133NO10/c1-4-7-10-13-16-19-22-25-27-29-31-33-34-35-36-37-39-41-43-46-49-52-55-58-61-64-71(81)87-74-73(83)72(82)70(65-78)86-76(74)85-66-67(68(79)62-59-56-53-50-47-44-24-21-18-15-12-9-6-3)77-75(84)69(80)63-60-57-54-51-48-45-42-40-38-32-30-28-26-23-20-17-14-11-8-5-2/h16-17,19-20,25-28,31-33,35-36,38,59,62,67-70,72-74,76,78-80,82-83H,4-15,18,21-24,29-30,34,37,39-58,60-61,63-66H2,1-3H3,(H,77,84)/b19-16-,20-17-,27-25-,28-26-,33-31-,36-35-,38-32-,62-59+. The molecule has 1 aliphatic rings. The maximum absolute atomic E-state index is 13.5. The average Bonchev–Trinajstić information content (AvgIpc) is 2.32. The summed E-state index contributed by atoms with van der Waals surface area (Å²) in [5.74, 6) is -1.21. The maximum atomic E-state index is 13.5. The van der Waals surface area contributed by atoms with Crippen LogP contribution in [-0.2, 0) is 23.8 Å². The van der Waals surface area contributed by atoms with Crippen LogP contribution in [0.2, 0.25) is 0 Å². The summed E-state index contributed by atoms with van der Waals surface area (Å²) in [6.45, 7) is 5.75. The minimum Gasteiger partial charge on any atom is -0.454 e. The summed E-state index contributed by atoms with van der Waals surface area (Å²) in [6, 6.07) is -1.04. The van der Waals surface area contributed by atoms with E-state index in [1.165, 1.54) is 148 Å². The van der Waals surface area contributed by atoms with Gasteiger partial charge in [0.15, 0.2) is 12.4 Å². The largest absolute Gasteiger partial charge is 0.454 e. The topological polar surface area (TPSA) is 175 Å². The Morgan fingerprint density at radius 2 is 0.793 bits per heavy atom. The molecule has 1 aliphatic heterocycles. The summed E-state index contributed by atoms with van der Waals surface area (Å²) in [4.78, 5) is 26.7. The zero-order valence-corrected chi connectivity index (χ0v) is 55.9. The van der Waals surface area contributed by atoms with Gasteiger partial charge in [0.25, 0.3) is 0 Å². The van der Waals surface area contributed by atoms with E-state index in [4.69, 9.17) is 14.2 Å². The molecular weight excluding hydrogens is 1090 g/mol. The smallest absolute Gasteiger partial charge is 0.306 e. The number of hydrogen-bond donors (Lipinski definition) is 6. The van der Waals surface area contributed by atoms with Gasteiger partial charge in [-0.1, -0.05) is 291 Å². The first-order valence-corrected chi connectivity index (χ1v) is 36.0. The zero-order chi connectivity index (χ0) is 63.1. The third kappa shape index (κ3) is 50.0. The third-order valence-electron chi connectivity index (χ3n) is 16.5. The van der Waals surface area contributed by atoms with Gasteiger partial charge >= 0.3 is 5.97 Å². The molecule has 8 unspecified atom stereocenters. The van der Waals surface area contributed by atoms with E-state index in [1.807, 2.05) is 6.08 Å². The van der Waals surface area contributed by atoms with E-state index < -0.39 is 67.4 Å². The van der Waals surface area contributed by atoms with Gasteiger partial charge < -0.3 is 45.1 Å². The molecule has 0 aromatic rings. The van der Waals surface area contributed by atoms with E-state index in [1.54, 1.807) is 6.08 Å². The number of carbonyl (C=O) groups is 2. The molecule has 0 bridgehead atoms. The summed E-state index contributed by atoms with van der Waals surface area (Å²) in [6.07, 6.45) is 74.3. The van der Waals surface area contributed by atoms with Gasteiger partial charge in [-0.25, -0.2) is 0 Å². The Morgan fingerprint density at radius 3 is 1.21 bits per heavy atom. The second kappa shape index (κ2) is 62.8. The molecule has 0 radical (unpaired) electrons. The predicted octanol–water partition coefficient (Wildman–Crippen LogP) is 18.6. The quantitative estimate of drug-likeness (QED) is 0.0195. The summed E-state index contributed by atoms with van der Waals surface area (Å²) in [7, 11) is 0. The molecule has 1 rings (SSSR count). The van der Waals surface area contributed by atoms with Gasteiger partial charge in [0, 0.05) is 6.42 Å². The van der Waals surface area contributed by atoms with Crippen molar-refractivity contribution >= 4 is 11.9 Å². The molecule has 502 valence electrons. The van der Waals surface area contributed by atoms with Crippen LogP contribution in [0.25, 0.3) is 0 Å². The van der Waals surface area contributed by atoms with Crippen molar-refractivity contribution < 1.29 is 49.3 Å². The Balaban J connectivity index is 2.60. The van der Waals surface area contributed by atoms with Crippen LogP contribution < -0.4 is 5.32 Å². The lowest BCUT2D eigenvalue weighted by molar-refractivity contribution is -0.305. The molecule has 0 saturated carbocycles. The normalized spacial score (nSPS) is 18.8. The molecule has 1 heterocycles. The van der Waals surface area contributed by atoms with Crippen LogP contribution in [-0.4, -0.2) is 99.6 Å². The summed E-state index contributed by atoms with van der Waals surface area (Å²) in [5.41, 5.74) is 0. The van der Waals surface area contributed by atoms with Crippen LogP contribution in [0.3, 0.4) is 0 Å². The summed E-state index contributed by atoms with van der Waals surface area (Å²) < 4.78 is 17.7. The molecule has 1 amide bonds.